The number of anilines is 1. The van der Waals surface area contributed by atoms with Gasteiger partial charge in [0.2, 0.25) is 5.95 Å². The van der Waals surface area contributed by atoms with Crippen molar-refractivity contribution in [3.8, 4) is 0 Å². The van der Waals surface area contributed by atoms with Gasteiger partial charge in [0.1, 0.15) is 0 Å². The summed E-state index contributed by atoms with van der Waals surface area (Å²) in [5.74, 6) is 1.13. The highest BCUT2D eigenvalue weighted by Gasteiger charge is 2.20. The van der Waals surface area contributed by atoms with Gasteiger partial charge in [0, 0.05) is 52.1 Å². The van der Waals surface area contributed by atoms with Crippen LogP contribution in [0.15, 0.2) is 6.20 Å². The van der Waals surface area contributed by atoms with E-state index in [1.807, 2.05) is 0 Å². The van der Waals surface area contributed by atoms with Gasteiger partial charge in [0.05, 0.1) is 5.69 Å². The lowest BCUT2D eigenvalue weighted by molar-refractivity contribution is 0.190. The largest absolute Gasteiger partial charge is 0.385 e. The molecule has 1 N–H and O–H groups in total. The highest BCUT2D eigenvalue weighted by Crippen LogP contribution is 2.17. The average Bonchev–Trinajstić information content (AvgIpc) is 2.82. The molecule has 1 unspecified atom stereocenters. The molecule has 0 radical (unpaired) electrons. The van der Waals surface area contributed by atoms with Gasteiger partial charge in [-0.15, -0.1) is 0 Å². The molecule has 0 amide bonds. The van der Waals surface area contributed by atoms with E-state index in [1.165, 1.54) is 5.69 Å². The van der Waals surface area contributed by atoms with Crippen molar-refractivity contribution in [3.05, 3.63) is 11.9 Å². The fourth-order valence-corrected chi connectivity index (χ4v) is 2.54. The summed E-state index contributed by atoms with van der Waals surface area (Å²) in [5, 5.41) is 3.48. The monoisotopic (exact) mass is 266 g/mol. The summed E-state index contributed by atoms with van der Waals surface area (Å²) >= 11 is 0. The lowest BCUT2D eigenvalue weighted by Gasteiger charge is -2.33. The lowest BCUT2D eigenvalue weighted by Crippen LogP contribution is -2.50. The van der Waals surface area contributed by atoms with Crippen LogP contribution in [0.25, 0.3) is 0 Å². The molecule has 2 heterocycles. The van der Waals surface area contributed by atoms with Gasteiger partial charge >= 0.3 is 0 Å². The number of methoxy groups -OCH3 is 1. The number of ether oxygens (including phenoxy) is 1. The van der Waals surface area contributed by atoms with E-state index in [1.54, 1.807) is 7.11 Å². The topological polar surface area (TPSA) is 42.3 Å². The predicted molar refractivity (Wildman–Crippen MR) is 77.8 cm³/mol. The van der Waals surface area contributed by atoms with Gasteiger partial charge in [0.15, 0.2) is 0 Å². The Labute approximate surface area is 116 Å². The maximum absolute atomic E-state index is 5.14. The molecule has 0 saturated carbocycles. The van der Waals surface area contributed by atoms with Gasteiger partial charge in [0.25, 0.3) is 0 Å². The van der Waals surface area contributed by atoms with E-state index >= 15 is 0 Å². The van der Waals surface area contributed by atoms with Crippen molar-refractivity contribution in [2.45, 2.75) is 39.3 Å². The van der Waals surface area contributed by atoms with Crippen LogP contribution in [0, 0.1) is 0 Å². The first-order valence-corrected chi connectivity index (χ1v) is 7.28. The molecule has 108 valence electrons. The third-order valence-corrected chi connectivity index (χ3v) is 3.57. The second-order valence-corrected chi connectivity index (χ2v) is 5.23. The number of aromatic nitrogens is 2. The minimum absolute atomic E-state index is 0.531. The molecule has 2 rings (SSSR count). The SMILES string of the molecule is CCc1cn(CCCOC)c(N2CCNC(C)C2)n1. The zero-order valence-corrected chi connectivity index (χ0v) is 12.4. The standard InChI is InChI=1S/C14H26N4O/c1-4-13-11-17(7-5-9-19-3)14(16-13)18-8-6-15-12(2)10-18/h11-12,15H,4-10H2,1-3H3. The molecular weight excluding hydrogens is 240 g/mol. The molecule has 1 fully saturated rings. The van der Waals surface area contributed by atoms with Gasteiger partial charge in [-0.05, 0) is 19.8 Å². The zero-order valence-electron chi connectivity index (χ0n) is 12.4. The third-order valence-electron chi connectivity index (χ3n) is 3.57. The molecule has 1 aromatic rings. The number of rotatable bonds is 6. The van der Waals surface area contributed by atoms with E-state index in [2.05, 4.69) is 34.8 Å². The smallest absolute Gasteiger partial charge is 0.205 e. The Morgan fingerprint density at radius 2 is 2.37 bits per heavy atom. The van der Waals surface area contributed by atoms with Crippen LogP contribution in [0.2, 0.25) is 0 Å². The first kappa shape index (κ1) is 14.3. The van der Waals surface area contributed by atoms with Crippen molar-refractivity contribution in [1.82, 2.24) is 14.9 Å². The second kappa shape index (κ2) is 6.91. The predicted octanol–water partition coefficient (Wildman–Crippen LogP) is 1.28. The number of hydrogen-bond donors (Lipinski definition) is 1. The van der Waals surface area contributed by atoms with E-state index in [9.17, 15) is 0 Å². The fraction of sp³-hybridized carbons (Fsp3) is 0.786. The molecule has 0 aromatic carbocycles. The second-order valence-electron chi connectivity index (χ2n) is 5.23. The summed E-state index contributed by atoms with van der Waals surface area (Å²) in [7, 11) is 1.75. The van der Waals surface area contributed by atoms with E-state index in [4.69, 9.17) is 9.72 Å². The summed E-state index contributed by atoms with van der Waals surface area (Å²) in [5.41, 5.74) is 1.18. The van der Waals surface area contributed by atoms with Gasteiger partial charge in [-0.2, -0.15) is 0 Å². The first-order valence-electron chi connectivity index (χ1n) is 7.28. The van der Waals surface area contributed by atoms with Gasteiger partial charge < -0.3 is 19.5 Å². The molecule has 0 aliphatic carbocycles. The van der Waals surface area contributed by atoms with Crippen molar-refractivity contribution >= 4 is 5.95 Å². The van der Waals surface area contributed by atoms with Crippen molar-refractivity contribution in [3.63, 3.8) is 0 Å². The molecule has 5 nitrogen and oxygen atoms in total. The van der Waals surface area contributed by atoms with Crippen molar-refractivity contribution < 1.29 is 4.74 Å². The van der Waals surface area contributed by atoms with Crippen LogP contribution in [0.5, 0.6) is 0 Å². The van der Waals surface area contributed by atoms with E-state index in [0.29, 0.717) is 6.04 Å². The number of imidazole rings is 1. The highest BCUT2D eigenvalue weighted by atomic mass is 16.5. The molecular formula is C14H26N4O. The summed E-state index contributed by atoms with van der Waals surface area (Å²) < 4.78 is 7.43. The van der Waals surface area contributed by atoms with Crippen molar-refractivity contribution in [2.75, 3.05) is 38.3 Å². The van der Waals surface area contributed by atoms with Crippen LogP contribution in [-0.2, 0) is 17.7 Å². The Hall–Kier alpha value is -1.07. The molecule has 0 spiro atoms. The number of nitrogens with one attached hydrogen (secondary N) is 1. The van der Waals surface area contributed by atoms with Crippen LogP contribution >= 0.6 is 0 Å². The maximum Gasteiger partial charge on any atom is 0.205 e. The zero-order chi connectivity index (χ0) is 13.7. The van der Waals surface area contributed by atoms with Crippen LogP contribution in [0.1, 0.15) is 26.0 Å². The summed E-state index contributed by atoms with van der Waals surface area (Å²) in [6, 6.07) is 0.531. The number of nitrogens with zero attached hydrogens (tertiary/aromatic N) is 3. The Bertz CT molecular complexity index is 391. The summed E-state index contributed by atoms with van der Waals surface area (Å²) in [6.07, 6.45) is 4.22. The molecule has 1 aliphatic heterocycles. The van der Waals surface area contributed by atoms with Crippen molar-refractivity contribution in [1.29, 1.82) is 0 Å². The molecule has 1 aliphatic rings. The number of piperazine rings is 1. The van der Waals surface area contributed by atoms with Gasteiger partial charge in [-0.25, -0.2) is 4.98 Å². The molecule has 0 bridgehead atoms. The van der Waals surface area contributed by atoms with Crippen LogP contribution < -0.4 is 10.2 Å². The van der Waals surface area contributed by atoms with Crippen LogP contribution in [0.3, 0.4) is 0 Å². The normalized spacial score (nSPS) is 19.9. The van der Waals surface area contributed by atoms with Gasteiger partial charge in [-0.3, -0.25) is 0 Å². The molecule has 1 aromatic heterocycles. The Morgan fingerprint density at radius 1 is 1.53 bits per heavy atom. The van der Waals surface area contributed by atoms with E-state index < -0.39 is 0 Å². The Balaban J connectivity index is 2.10. The molecule has 5 heteroatoms. The quantitative estimate of drug-likeness (QED) is 0.788. The molecule has 1 saturated heterocycles. The van der Waals surface area contributed by atoms with Crippen molar-refractivity contribution in [2.24, 2.45) is 0 Å². The fourth-order valence-electron chi connectivity index (χ4n) is 2.54. The minimum atomic E-state index is 0.531. The maximum atomic E-state index is 5.14. The van der Waals surface area contributed by atoms with E-state index in [0.717, 1.165) is 51.6 Å². The number of hydrogen-bond acceptors (Lipinski definition) is 4. The lowest BCUT2D eigenvalue weighted by atomic mass is 10.2. The summed E-state index contributed by atoms with van der Waals surface area (Å²) in [6.45, 7) is 9.27. The third kappa shape index (κ3) is 3.70. The Kier molecular flexibility index (Phi) is 5.22. The van der Waals surface area contributed by atoms with E-state index in [-0.39, 0.29) is 0 Å². The molecule has 19 heavy (non-hydrogen) atoms. The van der Waals surface area contributed by atoms with Gasteiger partial charge in [-0.1, -0.05) is 6.92 Å². The van der Waals surface area contributed by atoms with Crippen LogP contribution in [-0.4, -0.2) is 48.9 Å². The number of aryl methyl sites for hydroxylation is 2. The first-order chi connectivity index (χ1) is 9.24. The Morgan fingerprint density at radius 3 is 3.05 bits per heavy atom. The minimum Gasteiger partial charge on any atom is -0.385 e. The molecule has 1 atom stereocenters. The van der Waals surface area contributed by atoms with Crippen LogP contribution in [0.4, 0.5) is 5.95 Å². The summed E-state index contributed by atoms with van der Waals surface area (Å²) in [4.78, 5) is 7.18. The average molecular weight is 266 g/mol. The highest BCUT2D eigenvalue weighted by molar-refractivity contribution is 5.35.